The molecule has 0 aromatic carbocycles. The molecule has 2 rings (SSSR count). The Kier molecular flexibility index (Phi) is 3.69. The average Bonchev–Trinajstić information content (AvgIpc) is 2.87. The first-order chi connectivity index (χ1) is 8.99. The summed E-state index contributed by atoms with van der Waals surface area (Å²) in [6, 6.07) is 1.51. The molecule has 19 heavy (non-hydrogen) atoms. The zero-order valence-corrected chi connectivity index (χ0v) is 10.7. The molecule has 1 aromatic heterocycles. The van der Waals surface area contributed by atoms with Gasteiger partial charge in [0.25, 0.3) is 5.91 Å². The van der Waals surface area contributed by atoms with E-state index in [1.54, 1.807) is 0 Å². The molecule has 1 fully saturated rings. The lowest BCUT2D eigenvalue weighted by Crippen LogP contribution is -2.42. The molecule has 1 amide bonds. The third-order valence-electron chi connectivity index (χ3n) is 3.38. The minimum Gasteiger partial charge on any atom is -0.481 e. The lowest BCUT2D eigenvalue weighted by atomic mass is 9.98. The number of aromatic amines is 1. The van der Waals surface area contributed by atoms with E-state index in [1.807, 2.05) is 0 Å². The highest BCUT2D eigenvalue weighted by Crippen LogP contribution is 2.19. The van der Waals surface area contributed by atoms with Crippen molar-refractivity contribution >= 4 is 17.7 Å². The van der Waals surface area contributed by atoms with Crippen LogP contribution < -0.4 is 0 Å². The Morgan fingerprint density at radius 1 is 1.42 bits per heavy atom. The number of nitrogens with zero attached hydrogens (tertiary/aromatic N) is 1. The van der Waals surface area contributed by atoms with Crippen molar-refractivity contribution in [1.82, 2.24) is 9.88 Å². The number of Topliss-reactive ketones (excluding diaryl/α,β-unsaturated/α-hetero) is 1. The van der Waals surface area contributed by atoms with E-state index in [0.29, 0.717) is 30.6 Å². The third kappa shape index (κ3) is 2.83. The summed E-state index contributed by atoms with van der Waals surface area (Å²) in [6.07, 6.45) is 2.78. The summed E-state index contributed by atoms with van der Waals surface area (Å²) in [5.74, 6) is -1.73. The summed E-state index contributed by atoms with van der Waals surface area (Å²) < 4.78 is 0. The van der Waals surface area contributed by atoms with Gasteiger partial charge in [-0.05, 0) is 25.8 Å². The number of amides is 1. The Balaban J connectivity index is 2.10. The Bertz CT molecular complexity index is 520. The van der Waals surface area contributed by atoms with Crippen molar-refractivity contribution < 1.29 is 19.5 Å². The molecule has 1 aliphatic heterocycles. The maximum atomic E-state index is 12.2. The van der Waals surface area contributed by atoms with Gasteiger partial charge in [-0.15, -0.1) is 0 Å². The van der Waals surface area contributed by atoms with Gasteiger partial charge in [-0.3, -0.25) is 14.4 Å². The number of carboxylic acid groups (broad SMARTS) is 1. The second kappa shape index (κ2) is 5.26. The van der Waals surface area contributed by atoms with Gasteiger partial charge in [0, 0.05) is 24.8 Å². The SMILES string of the molecule is CC(=O)c1c[nH]c(C(=O)N2CCC[C@H](C(=O)O)C2)c1. The number of piperidine rings is 1. The number of carboxylic acids is 1. The standard InChI is InChI=1S/C13H16N2O4/c1-8(16)10-5-11(14-6-10)12(17)15-4-2-3-9(7-15)13(18)19/h5-6,9,14H,2-4,7H2,1H3,(H,18,19)/t9-/m0/s1. The van der Waals surface area contributed by atoms with Crippen LogP contribution in [0.1, 0.15) is 40.6 Å². The zero-order chi connectivity index (χ0) is 14.0. The van der Waals surface area contributed by atoms with E-state index in [2.05, 4.69) is 4.98 Å². The summed E-state index contributed by atoms with van der Waals surface area (Å²) in [7, 11) is 0. The highest BCUT2D eigenvalue weighted by molar-refractivity contribution is 5.99. The minimum atomic E-state index is -0.867. The molecule has 1 aliphatic rings. The average molecular weight is 264 g/mol. The Labute approximate surface area is 110 Å². The number of ketones is 1. The molecular formula is C13H16N2O4. The number of aromatic nitrogens is 1. The molecule has 1 saturated heterocycles. The van der Waals surface area contributed by atoms with Gasteiger partial charge >= 0.3 is 5.97 Å². The molecule has 0 unspecified atom stereocenters. The number of hydrogen-bond acceptors (Lipinski definition) is 3. The number of hydrogen-bond donors (Lipinski definition) is 2. The lowest BCUT2D eigenvalue weighted by Gasteiger charge is -2.30. The normalized spacial score (nSPS) is 19.2. The van der Waals surface area contributed by atoms with Gasteiger partial charge in [0.1, 0.15) is 5.69 Å². The fraction of sp³-hybridized carbons (Fsp3) is 0.462. The van der Waals surface area contributed by atoms with Crippen molar-refractivity contribution in [1.29, 1.82) is 0 Å². The van der Waals surface area contributed by atoms with Crippen LogP contribution in [0.2, 0.25) is 0 Å². The first-order valence-corrected chi connectivity index (χ1v) is 6.20. The molecule has 0 saturated carbocycles. The van der Waals surface area contributed by atoms with Crippen LogP contribution in [0, 0.1) is 5.92 Å². The first kappa shape index (κ1) is 13.3. The van der Waals surface area contributed by atoms with Crippen molar-refractivity contribution in [2.45, 2.75) is 19.8 Å². The van der Waals surface area contributed by atoms with E-state index in [-0.39, 0.29) is 18.2 Å². The number of carbonyl (C=O) groups excluding carboxylic acids is 2. The van der Waals surface area contributed by atoms with Crippen molar-refractivity contribution in [2.24, 2.45) is 5.92 Å². The molecule has 0 aliphatic carbocycles. The maximum absolute atomic E-state index is 12.2. The van der Waals surface area contributed by atoms with Crippen molar-refractivity contribution in [3.8, 4) is 0 Å². The molecule has 0 radical (unpaired) electrons. The van der Waals surface area contributed by atoms with Crippen molar-refractivity contribution in [3.63, 3.8) is 0 Å². The fourth-order valence-corrected chi connectivity index (χ4v) is 2.25. The minimum absolute atomic E-state index is 0.114. The first-order valence-electron chi connectivity index (χ1n) is 6.20. The highest BCUT2D eigenvalue weighted by Gasteiger charge is 2.29. The Morgan fingerprint density at radius 2 is 2.16 bits per heavy atom. The zero-order valence-electron chi connectivity index (χ0n) is 10.7. The molecule has 6 heteroatoms. The predicted molar refractivity (Wildman–Crippen MR) is 67.1 cm³/mol. The number of carbonyl (C=O) groups is 3. The van der Waals surface area contributed by atoms with Gasteiger partial charge in [0.05, 0.1) is 5.92 Å². The highest BCUT2D eigenvalue weighted by atomic mass is 16.4. The number of H-pyrrole nitrogens is 1. The van der Waals surface area contributed by atoms with Gasteiger partial charge in [0.15, 0.2) is 5.78 Å². The molecular weight excluding hydrogens is 248 g/mol. The molecule has 2 N–H and O–H groups in total. The number of aliphatic carboxylic acids is 1. The van der Waals surface area contributed by atoms with Gasteiger partial charge in [-0.25, -0.2) is 0 Å². The van der Waals surface area contributed by atoms with Gasteiger partial charge in [-0.2, -0.15) is 0 Å². The predicted octanol–water partition coefficient (Wildman–Crippen LogP) is 1.15. The van der Waals surface area contributed by atoms with E-state index in [0.717, 1.165) is 0 Å². The Morgan fingerprint density at radius 3 is 2.74 bits per heavy atom. The number of nitrogens with one attached hydrogen (secondary N) is 1. The second-order valence-corrected chi connectivity index (χ2v) is 4.79. The molecule has 6 nitrogen and oxygen atoms in total. The third-order valence-corrected chi connectivity index (χ3v) is 3.38. The van der Waals surface area contributed by atoms with Crippen LogP contribution >= 0.6 is 0 Å². The van der Waals surface area contributed by atoms with Crippen molar-refractivity contribution in [3.05, 3.63) is 23.5 Å². The van der Waals surface area contributed by atoms with E-state index in [4.69, 9.17) is 5.11 Å². The summed E-state index contributed by atoms with van der Waals surface area (Å²) in [5, 5.41) is 8.99. The van der Waals surface area contributed by atoms with Crippen LogP contribution in [-0.2, 0) is 4.79 Å². The van der Waals surface area contributed by atoms with Crippen LogP contribution in [-0.4, -0.2) is 45.7 Å². The molecule has 0 spiro atoms. The molecule has 2 heterocycles. The molecule has 1 atom stereocenters. The van der Waals surface area contributed by atoms with Crippen molar-refractivity contribution in [2.75, 3.05) is 13.1 Å². The monoisotopic (exact) mass is 264 g/mol. The Hall–Kier alpha value is -2.11. The van der Waals surface area contributed by atoms with E-state index in [9.17, 15) is 14.4 Å². The topological polar surface area (TPSA) is 90.5 Å². The summed E-state index contributed by atoms with van der Waals surface area (Å²) in [6.45, 7) is 2.21. The largest absolute Gasteiger partial charge is 0.481 e. The van der Waals surface area contributed by atoms with Crippen LogP contribution in [0.25, 0.3) is 0 Å². The van der Waals surface area contributed by atoms with E-state index in [1.165, 1.54) is 24.1 Å². The van der Waals surface area contributed by atoms with Crippen LogP contribution in [0.4, 0.5) is 0 Å². The smallest absolute Gasteiger partial charge is 0.308 e. The van der Waals surface area contributed by atoms with Crippen LogP contribution in [0.5, 0.6) is 0 Å². The molecule has 102 valence electrons. The van der Waals surface area contributed by atoms with E-state index >= 15 is 0 Å². The summed E-state index contributed by atoms with van der Waals surface area (Å²) >= 11 is 0. The second-order valence-electron chi connectivity index (χ2n) is 4.79. The van der Waals surface area contributed by atoms with E-state index < -0.39 is 11.9 Å². The lowest BCUT2D eigenvalue weighted by molar-refractivity contribution is -0.143. The van der Waals surface area contributed by atoms with Gasteiger partial charge < -0.3 is 15.0 Å². The molecule has 0 bridgehead atoms. The van der Waals surface area contributed by atoms with Gasteiger partial charge in [0.2, 0.25) is 0 Å². The number of rotatable bonds is 3. The van der Waals surface area contributed by atoms with Crippen LogP contribution in [0.15, 0.2) is 12.3 Å². The van der Waals surface area contributed by atoms with Gasteiger partial charge in [-0.1, -0.05) is 0 Å². The fourth-order valence-electron chi connectivity index (χ4n) is 2.25. The summed E-state index contributed by atoms with van der Waals surface area (Å²) in [5.41, 5.74) is 0.784. The summed E-state index contributed by atoms with van der Waals surface area (Å²) in [4.78, 5) is 38.6. The number of likely N-dealkylation sites (tertiary alicyclic amines) is 1. The molecule has 1 aromatic rings. The quantitative estimate of drug-likeness (QED) is 0.801. The maximum Gasteiger partial charge on any atom is 0.308 e. The van der Waals surface area contributed by atoms with Crippen LogP contribution in [0.3, 0.4) is 0 Å².